The maximum Gasteiger partial charge on any atom is 0.183 e. The van der Waals surface area contributed by atoms with Crippen LogP contribution in [0.15, 0.2) is 36.5 Å². The molecule has 1 aromatic carbocycles. The smallest absolute Gasteiger partial charge is 0.183 e. The zero-order valence-corrected chi connectivity index (χ0v) is 8.89. The molecule has 0 aliphatic heterocycles. The highest BCUT2D eigenvalue weighted by Crippen LogP contribution is 2.19. The highest BCUT2D eigenvalue weighted by Gasteiger charge is 1.99. The van der Waals surface area contributed by atoms with E-state index < -0.39 is 0 Å². The van der Waals surface area contributed by atoms with Gasteiger partial charge in [-0.3, -0.25) is 0 Å². The summed E-state index contributed by atoms with van der Waals surface area (Å²) in [4.78, 5) is 4.96. The summed E-state index contributed by atoms with van der Waals surface area (Å²) in [6, 6.07) is 9.67. The fourth-order valence-corrected chi connectivity index (χ4v) is 1.91. The van der Waals surface area contributed by atoms with Crippen LogP contribution in [0.5, 0.6) is 5.75 Å². The van der Waals surface area contributed by atoms with Crippen LogP contribution in [-0.2, 0) is 6.61 Å². The van der Waals surface area contributed by atoms with Crippen molar-refractivity contribution >= 4 is 22.9 Å². The second-order valence-electron chi connectivity index (χ2n) is 2.68. The molecule has 2 nitrogen and oxygen atoms in total. The van der Waals surface area contributed by atoms with Crippen LogP contribution in [0, 0.1) is 0 Å². The number of halogens is 1. The number of benzene rings is 1. The quantitative estimate of drug-likeness (QED) is 0.799. The summed E-state index contributed by atoms with van der Waals surface area (Å²) in [5.41, 5.74) is 0. The first-order valence-corrected chi connectivity index (χ1v) is 5.32. The Balaban J connectivity index is 1.95. The Hall–Kier alpha value is -1.06. The summed E-state index contributed by atoms with van der Waals surface area (Å²) in [5, 5.41) is 0. The van der Waals surface area contributed by atoms with Gasteiger partial charge in [-0.15, -0.1) is 11.3 Å². The first-order valence-electron chi connectivity index (χ1n) is 4.12. The lowest BCUT2D eigenvalue weighted by molar-refractivity contribution is 0.309. The van der Waals surface area contributed by atoms with Gasteiger partial charge in [0.05, 0.1) is 4.88 Å². The lowest BCUT2D eigenvalue weighted by Crippen LogP contribution is -1.91. The van der Waals surface area contributed by atoms with E-state index in [2.05, 4.69) is 4.98 Å². The van der Waals surface area contributed by atoms with Crippen molar-refractivity contribution < 1.29 is 4.74 Å². The number of hydrogen-bond donors (Lipinski definition) is 0. The number of hydrogen-bond acceptors (Lipinski definition) is 3. The maximum atomic E-state index is 5.69. The van der Waals surface area contributed by atoms with Gasteiger partial charge < -0.3 is 4.74 Å². The molecule has 0 saturated carbocycles. The predicted octanol–water partition coefficient (Wildman–Crippen LogP) is 3.38. The molecule has 0 amide bonds. The zero-order valence-electron chi connectivity index (χ0n) is 7.31. The van der Waals surface area contributed by atoms with E-state index in [4.69, 9.17) is 16.3 Å². The second kappa shape index (κ2) is 4.44. The van der Waals surface area contributed by atoms with Crippen LogP contribution in [0.4, 0.5) is 0 Å². The summed E-state index contributed by atoms with van der Waals surface area (Å²) >= 11 is 7.13. The Morgan fingerprint density at radius 3 is 2.71 bits per heavy atom. The number of thiazole rings is 1. The Morgan fingerprint density at radius 1 is 1.29 bits per heavy atom. The van der Waals surface area contributed by atoms with E-state index in [-0.39, 0.29) is 0 Å². The van der Waals surface area contributed by atoms with Gasteiger partial charge in [0.25, 0.3) is 0 Å². The van der Waals surface area contributed by atoms with Gasteiger partial charge in [0, 0.05) is 6.20 Å². The summed E-state index contributed by atoms with van der Waals surface area (Å²) in [7, 11) is 0. The third kappa shape index (κ3) is 2.47. The first-order chi connectivity index (χ1) is 6.84. The monoisotopic (exact) mass is 225 g/mol. The molecule has 0 aliphatic carbocycles. The minimum Gasteiger partial charge on any atom is -0.488 e. The van der Waals surface area contributed by atoms with E-state index in [1.807, 2.05) is 30.3 Å². The molecule has 0 saturated heterocycles. The van der Waals surface area contributed by atoms with Crippen LogP contribution in [-0.4, -0.2) is 4.98 Å². The summed E-state index contributed by atoms with van der Waals surface area (Å²) < 4.78 is 6.07. The van der Waals surface area contributed by atoms with Crippen molar-refractivity contribution in [2.45, 2.75) is 6.61 Å². The second-order valence-corrected chi connectivity index (χ2v) is 4.38. The van der Waals surface area contributed by atoms with Crippen LogP contribution in [0.25, 0.3) is 0 Å². The van der Waals surface area contributed by atoms with Crippen molar-refractivity contribution in [1.29, 1.82) is 0 Å². The third-order valence-electron chi connectivity index (χ3n) is 1.65. The summed E-state index contributed by atoms with van der Waals surface area (Å²) in [6.07, 6.45) is 1.73. The standard InChI is InChI=1S/C10H8ClNOS/c11-10-12-6-9(14-10)7-13-8-4-2-1-3-5-8/h1-6H,7H2. The lowest BCUT2D eigenvalue weighted by atomic mass is 10.3. The van der Waals surface area contributed by atoms with Gasteiger partial charge in [-0.2, -0.15) is 0 Å². The average Bonchev–Trinajstić information content (AvgIpc) is 2.63. The molecule has 1 aromatic heterocycles. The van der Waals surface area contributed by atoms with Crippen LogP contribution in [0.2, 0.25) is 4.47 Å². The molecule has 4 heteroatoms. The molecule has 14 heavy (non-hydrogen) atoms. The Morgan fingerprint density at radius 2 is 2.07 bits per heavy atom. The number of para-hydroxylation sites is 1. The van der Waals surface area contributed by atoms with Crippen molar-refractivity contribution in [1.82, 2.24) is 4.98 Å². The molecule has 0 radical (unpaired) electrons. The van der Waals surface area contributed by atoms with Crippen LogP contribution in [0.3, 0.4) is 0 Å². The average molecular weight is 226 g/mol. The third-order valence-corrected chi connectivity index (χ3v) is 2.74. The van der Waals surface area contributed by atoms with Crippen LogP contribution >= 0.6 is 22.9 Å². The van der Waals surface area contributed by atoms with Gasteiger partial charge in [-0.1, -0.05) is 29.8 Å². The fraction of sp³-hybridized carbons (Fsp3) is 0.100. The van der Waals surface area contributed by atoms with Gasteiger partial charge in [0.15, 0.2) is 4.47 Å². The van der Waals surface area contributed by atoms with E-state index in [0.717, 1.165) is 10.6 Å². The minimum atomic E-state index is 0.522. The van der Waals surface area contributed by atoms with Gasteiger partial charge in [-0.05, 0) is 12.1 Å². The van der Waals surface area contributed by atoms with E-state index in [1.54, 1.807) is 6.20 Å². The van der Waals surface area contributed by atoms with E-state index >= 15 is 0 Å². The van der Waals surface area contributed by atoms with Crippen molar-refractivity contribution in [3.05, 3.63) is 45.9 Å². The maximum absolute atomic E-state index is 5.69. The Labute approximate surface area is 91.1 Å². The molecular formula is C10H8ClNOS. The molecule has 1 heterocycles. The van der Waals surface area contributed by atoms with Crippen molar-refractivity contribution in [2.24, 2.45) is 0 Å². The SMILES string of the molecule is Clc1ncc(COc2ccccc2)s1. The first kappa shape index (κ1) is 9.49. The van der Waals surface area contributed by atoms with Crippen molar-refractivity contribution in [2.75, 3.05) is 0 Å². The molecule has 0 bridgehead atoms. The van der Waals surface area contributed by atoms with Gasteiger partial charge in [-0.25, -0.2) is 4.98 Å². The number of nitrogens with zero attached hydrogens (tertiary/aromatic N) is 1. The topological polar surface area (TPSA) is 22.1 Å². The molecule has 0 atom stereocenters. The number of rotatable bonds is 3. The number of ether oxygens (including phenoxy) is 1. The fourth-order valence-electron chi connectivity index (χ4n) is 1.02. The van der Waals surface area contributed by atoms with E-state index in [9.17, 15) is 0 Å². The molecule has 2 aromatic rings. The molecular weight excluding hydrogens is 218 g/mol. The summed E-state index contributed by atoms with van der Waals surface area (Å²) in [5.74, 6) is 0.858. The van der Waals surface area contributed by atoms with E-state index in [0.29, 0.717) is 11.1 Å². The molecule has 0 unspecified atom stereocenters. The highest BCUT2D eigenvalue weighted by molar-refractivity contribution is 7.15. The minimum absolute atomic E-state index is 0.522. The van der Waals surface area contributed by atoms with Gasteiger partial charge in [0.2, 0.25) is 0 Å². The number of aromatic nitrogens is 1. The molecule has 72 valence electrons. The normalized spacial score (nSPS) is 10.1. The Kier molecular flexibility index (Phi) is 3.01. The van der Waals surface area contributed by atoms with Crippen LogP contribution in [0.1, 0.15) is 4.88 Å². The lowest BCUT2D eigenvalue weighted by Gasteiger charge is -2.02. The molecule has 0 fully saturated rings. The Bertz CT molecular complexity index is 402. The van der Waals surface area contributed by atoms with Crippen LogP contribution < -0.4 is 4.74 Å². The largest absolute Gasteiger partial charge is 0.488 e. The predicted molar refractivity (Wildman–Crippen MR) is 57.9 cm³/mol. The molecule has 0 spiro atoms. The van der Waals surface area contributed by atoms with E-state index in [1.165, 1.54) is 11.3 Å². The van der Waals surface area contributed by atoms with Gasteiger partial charge in [0.1, 0.15) is 12.4 Å². The van der Waals surface area contributed by atoms with Gasteiger partial charge >= 0.3 is 0 Å². The van der Waals surface area contributed by atoms with Crippen molar-refractivity contribution in [3.63, 3.8) is 0 Å². The molecule has 2 rings (SSSR count). The zero-order chi connectivity index (χ0) is 9.80. The summed E-state index contributed by atoms with van der Waals surface area (Å²) in [6.45, 7) is 0.522. The molecule has 0 aliphatic rings. The van der Waals surface area contributed by atoms with Crippen molar-refractivity contribution in [3.8, 4) is 5.75 Å². The molecule has 0 N–H and O–H groups in total. The highest BCUT2D eigenvalue weighted by atomic mass is 35.5.